The van der Waals surface area contributed by atoms with Gasteiger partial charge in [0.25, 0.3) is 0 Å². The molecule has 2 fully saturated rings. The molecule has 1 saturated heterocycles. The third kappa shape index (κ3) is 3.55. The summed E-state index contributed by atoms with van der Waals surface area (Å²) in [6, 6.07) is 4.28. The lowest BCUT2D eigenvalue weighted by Gasteiger charge is -2.35. The molecule has 2 aromatic rings. The number of nitrogens with one attached hydrogen (secondary N) is 1. The van der Waals surface area contributed by atoms with Crippen LogP contribution in [0.15, 0.2) is 24.7 Å². The van der Waals surface area contributed by atoms with Gasteiger partial charge in [0.1, 0.15) is 17.6 Å². The zero-order chi connectivity index (χ0) is 19.0. The highest BCUT2D eigenvalue weighted by molar-refractivity contribution is 5.34. The lowest BCUT2D eigenvalue weighted by atomic mass is 9.77. The predicted molar refractivity (Wildman–Crippen MR) is 102 cm³/mol. The molecule has 2 aliphatic rings. The summed E-state index contributed by atoms with van der Waals surface area (Å²) in [7, 11) is 1.94. The molecule has 0 aromatic carbocycles. The number of nitrogens with zero attached hydrogens (tertiary/aromatic N) is 5. The maximum Gasteiger partial charge on any atom is 0.144 e. The van der Waals surface area contributed by atoms with Crippen LogP contribution in [-0.2, 0) is 13.6 Å². The van der Waals surface area contributed by atoms with Gasteiger partial charge in [-0.1, -0.05) is 0 Å². The lowest BCUT2D eigenvalue weighted by Crippen LogP contribution is -2.43. The van der Waals surface area contributed by atoms with Crippen LogP contribution in [0.2, 0.25) is 0 Å². The minimum Gasteiger partial charge on any atom is -0.391 e. The first-order valence-electron chi connectivity index (χ1n) is 9.53. The molecule has 0 spiro atoms. The Morgan fingerprint density at radius 1 is 1.30 bits per heavy atom. The van der Waals surface area contributed by atoms with Crippen LogP contribution < -0.4 is 5.32 Å². The highest BCUT2D eigenvalue weighted by atomic mass is 16.3. The number of hydrogen-bond donors (Lipinski definition) is 2. The number of aromatic nitrogens is 3. The minimum absolute atomic E-state index is 0.0200. The highest BCUT2D eigenvalue weighted by Crippen LogP contribution is 2.38. The van der Waals surface area contributed by atoms with Crippen LogP contribution in [0.1, 0.15) is 29.8 Å². The molecular formula is C20H26N6O. The van der Waals surface area contributed by atoms with Gasteiger partial charge in [-0.05, 0) is 43.2 Å². The normalized spacial score (nSPS) is 27.9. The SMILES string of the molecule is Cc1c(CN2C[C@H]3C[C@@H](Nc4cnccn4)[C@H](O)C[C@H]3C2)cc(C#N)n1C. The van der Waals surface area contributed by atoms with Crippen LogP contribution >= 0.6 is 0 Å². The van der Waals surface area contributed by atoms with Crippen molar-refractivity contribution in [3.05, 3.63) is 41.6 Å². The molecule has 7 heteroatoms. The molecule has 0 radical (unpaired) electrons. The van der Waals surface area contributed by atoms with Gasteiger partial charge in [0, 0.05) is 44.8 Å². The molecule has 0 unspecified atom stereocenters. The Bertz CT molecular complexity index is 842. The smallest absolute Gasteiger partial charge is 0.144 e. The first-order valence-corrected chi connectivity index (χ1v) is 9.53. The number of likely N-dealkylation sites (tertiary alicyclic amines) is 1. The maximum absolute atomic E-state index is 10.6. The fraction of sp³-hybridized carbons (Fsp3) is 0.550. The van der Waals surface area contributed by atoms with Crippen LogP contribution in [0.25, 0.3) is 0 Å². The third-order valence-corrected chi connectivity index (χ3v) is 6.26. The summed E-state index contributed by atoms with van der Waals surface area (Å²) in [5, 5.41) is 23.2. The van der Waals surface area contributed by atoms with Crippen molar-refractivity contribution in [2.24, 2.45) is 18.9 Å². The summed E-state index contributed by atoms with van der Waals surface area (Å²) in [5.41, 5.74) is 3.09. The molecule has 1 aliphatic carbocycles. The molecule has 1 aliphatic heterocycles. The van der Waals surface area contributed by atoms with Gasteiger partial charge < -0.3 is 15.0 Å². The zero-order valence-corrected chi connectivity index (χ0v) is 15.8. The van der Waals surface area contributed by atoms with E-state index in [9.17, 15) is 10.4 Å². The number of nitriles is 1. The molecule has 3 heterocycles. The van der Waals surface area contributed by atoms with Gasteiger partial charge in [0.05, 0.1) is 18.3 Å². The van der Waals surface area contributed by atoms with E-state index in [1.807, 2.05) is 17.7 Å². The molecule has 4 atom stereocenters. The van der Waals surface area contributed by atoms with Crippen molar-refractivity contribution in [1.82, 2.24) is 19.4 Å². The molecule has 0 bridgehead atoms. The second-order valence-electron chi connectivity index (χ2n) is 7.91. The molecule has 2 N–H and O–H groups in total. The van der Waals surface area contributed by atoms with E-state index in [-0.39, 0.29) is 12.1 Å². The van der Waals surface area contributed by atoms with E-state index in [4.69, 9.17) is 0 Å². The Balaban J connectivity index is 1.41. The van der Waals surface area contributed by atoms with Crippen molar-refractivity contribution in [2.75, 3.05) is 18.4 Å². The van der Waals surface area contributed by atoms with Crippen LogP contribution in [0, 0.1) is 30.1 Å². The Hall–Kier alpha value is -2.43. The number of fused-ring (bicyclic) bond motifs is 1. The summed E-state index contributed by atoms with van der Waals surface area (Å²) in [4.78, 5) is 10.8. The van der Waals surface area contributed by atoms with Gasteiger partial charge in [0.2, 0.25) is 0 Å². The number of aliphatic hydroxyl groups excluding tert-OH is 1. The zero-order valence-electron chi connectivity index (χ0n) is 15.8. The van der Waals surface area contributed by atoms with Crippen molar-refractivity contribution < 1.29 is 5.11 Å². The fourth-order valence-corrected chi connectivity index (χ4v) is 4.65. The molecule has 7 nitrogen and oxygen atoms in total. The summed E-state index contributed by atoms with van der Waals surface area (Å²) in [6.45, 7) is 4.98. The quantitative estimate of drug-likeness (QED) is 0.856. The van der Waals surface area contributed by atoms with Crippen molar-refractivity contribution in [3.63, 3.8) is 0 Å². The van der Waals surface area contributed by atoms with Crippen molar-refractivity contribution >= 4 is 5.82 Å². The van der Waals surface area contributed by atoms with Gasteiger partial charge in [-0.3, -0.25) is 9.88 Å². The van der Waals surface area contributed by atoms with Gasteiger partial charge >= 0.3 is 0 Å². The monoisotopic (exact) mass is 366 g/mol. The minimum atomic E-state index is -0.364. The van der Waals surface area contributed by atoms with Crippen molar-refractivity contribution in [2.45, 2.75) is 38.5 Å². The van der Waals surface area contributed by atoms with Crippen LogP contribution in [0.3, 0.4) is 0 Å². The van der Waals surface area contributed by atoms with Gasteiger partial charge in [0.15, 0.2) is 0 Å². The van der Waals surface area contributed by atoms with Crippen LogP contribution in [-0.4, -0.2) is 49.8 Å². The summed E-state index contributed by atoms with van der Waals surface area (Å²) in [5.74, 6) is 1.82. The molecule has 142 valence electrons. The molecule has 2 aromatic heterocycles. The Labute approximate surface area is 159 Å². The number of anilines is 1. The molecule has 1 saturated carbocycles. The van der Waals surface area contributed by atoms with E-state index in [0.717, 1.165) is 44.0 Å². The maximum atomic E-state index is 10.6. The third-order valence-electron chi connectivity index (χ3n) is 6.26. The average Bonchev–Trinajstić information content (AvgIpc) is 3.17. The number of hydrogen-bond acceptors (Lipinski definition) is 6. The molecule has 4 rings (SSSR count). The molecule has 0 amide bonds. The number of rotatable bonds is 4. The van der Waals surface area contributed by atoms with Gasteiger partial charge in [-0.25, -0.2) is 4.98 Å². The number of aliphatic hydroxyl groups is 1. The largest absolute Gasteiger partial charge is 0.391 e. The Morgan fingerprint density at radius 2 is 2.07 bits per heavy atom. The van der Waals surface area contributed by atoms with Gasteiger partial charge in [-0.2, -0.15) is 5.26 Å². The topological polar surface area (TPSA) is 90.0 Å². The summed E-state index contributed by atoms with van der Waals surface area (Å²) >= 11 is 0. The van der Waals surface area contributed by atoms with E-state index >= 15 is 0 Å². The van der Waals surface area contributed by atoms with E-state index in [1.54, 1.807) is 18.6 Å². The van der Waals surface area contributed by atoms with E-state index < -0.39 is 0 Å². The predicted octanol–water partition coefficient (Wildman–Crippen LogP) is 1.68. The Morgan fingerprint density at radius 3 is 2.74 bits per heavy atom. The first-order chi connectivity index (χ1) is 13.0. The second-order valence-corrected chi connectivity index (χ2v) is 7.91. The van der Waals surface area contributed by atoms with E-state index in [0.29, 0.717) is 17.5 Å². The Kier molecular flexibility index (Phi) is 4.85. The average molecular weight is 366 g/mol. The fourth-order valence-electron chi connectivity index (χ4n) is 4.65. The van der Waals surface area contributed by atoms with E-state index in [2.05, 4.69) is 33.2 Å². The lowest BCUT2D eigenvalue weighted by molar-refractivity contribution is 0.0735. The standard InChI is InChI=1S/C20H26N6O/c1-13-14(5-17(8-21)25(13)2)10-26-11-15-6-18(19(27)7-16(15)12-26)24-20-9-22-3-4-23-20/h3-5,9,15-16,18-19,27H,6-7,10-12H2,1-2H3,(H,23,24)/t15-,16+,18-,19-/m1/s1. The van der Waals surface area contributed by atoms with E-state index in [1.165, 1.54) is 5.56 Å². The van der Waals surface area contributed by atoms with Gasteiger partial charge in [-0.15, -0.1) is 0 Å². The first kappa shape index (κ1) is 18.0. The summed E-state index contributed by atoms with van der Waals surface area (Å²) in [6.07, 6.45) is 6.40. The summed E-state index contributed by atoms with van der Waals surface area (Å²) < 4.78 is 1.96. The van der Waals surface area contributed by atoms with Crippen LogP contribution in [0.4, 0.5) is 5.82 Å². The second kappa shape index (κ2) is 7.29. The molecular weight excluding hydrogens is 340 g/mol. The van der Waals surface area contributed by atoms with Crippen molar-refractivity contribution in [3.8, 4) is 6.07 Å². The molecule has 27 heavy (non-hydrogen) atoms. The van der Waals surface area contributed by atoms with Crippen molar-refractivity contribution in [1.29, 1.82) is 5.26 Å². The van der Waals surface area contributed by atoms with Crippen LogP contribution in [0.5, 0.6) is 0 Å². The highest BCUT2D eigenvalue weighted by Gasteiger charge is 2.41.